The van der Waals surface area contributed by atoms with Crippen molar-refractivity contribution in [2.24, 2.45) is 0 Å². The van der Waals surface area contributed by atoms with E-state index in [1.807, 2.05) is 25.2 Å². The summed E-state index contributed by atoms with van der Waals surface area (Å²) in [6, 6.07) is 12.3. The van der Waals surface area contributed by atoms with E-state index in [4.69, 9.17) is 4.74 Å². The third kappa shape index (κ3) is 7.35. The molecule has 3 N–H and O–H groups in total. The van der Waals surface area contributed by atoms with Gasteiger partial charge in [-0.05, 0) is 69.1 Å². The van der Waals surface area contributed by atoms with E-state index in [-0.39, 0.29) is 28.6 Å². The molecule has 3 rings (SSSR count). The van der Waals surface area contributed by atoms with E-state index in [0.717, 1.165) is 24.0 Å². The molecule has 0 unspecified atom stereocenters. The summed E-state index contributed by atoms with van der Waals surface area (Å²) in [5.74, 6) is 0.738. The Kier molecular flexibility index (Phi) is 9.55. The monoisotopic (exact) mass is 512 g/mol. The number of nitrogens with one attached hydrogen (secondary N) is 3. The predicted molar refractivity (Wildman–Crippen MR) is 143 cm³/mol. The number of ether oxygens (including phenoxy) is 1. The Morgan fingerprint density at radius 3 is 2.58 bits per heavy atom. The predicted octanol–water partition coefficient (Wildman–Crippen LogP) is 4.52. The minimum Gasteiger partial charge on any atom is -0.456 e. The van der Waals surface area contributed by atoms with E-state index < -0.39 is 11.7 Å². The van der Waals surface area contributed by atoms with Crippen LogP contribution in [0.5, 0.6) is 5.75 Å². The molecule has 7 nitrogen and oxygen atoms in total. The Labute approximate surface area is 216 Å². The highest BCUT2D eigenvalue weighted by Crippen LogP contribution is 2.29. The first-order chi connectivity index (χ1) is 17.2. The van der Waals surface area contributed by atoms with Crippen LogP contribution < -0.4 is 20.1 Å². The summed E-state index contributed by atoms with van der Waals surface area (Å²) >= 11 is 1.54. The molecule has 2 aromatic carbocycles. The van der Waals surface area contributed by atoms with Gasteiger partial charge < -0.3 is 20.3 Å². The van der Waals surface area contributed by atoms with Gasteiger partial charge in [0.05, 0.1) is 5.69 Å². The average molecular weight is 513 g/mol. The third-order valence-electron chi connectivity index (χ3n) is 5.46. The lowest BCUT2D eigenvalue weighted by Crippen LogP contribution is -2.34. The van der Waals surface area contributed by atoms with Gasteiger partial charge in [-0.3, -0.25) is 14.3 Å². The molecule has 1 amide bonds. The molecule has 0 bridgehead atoms. The summed E-state index contributed by atoms with van der Waals surface area (Å²) in [4.78, 5) is 27.2. The maximum absolute atomic E-state index is 14.8. The van der Waals surface area contributed by atoms with E-state index in [2.05, 4.69) is 15.4 Å². The SMILES string of the molecule is CNSCc1cccc(OC(=C(\C)C=O)/C(C(=O)NC2CC2)=C(/Nc2ccc(C)cc2F)N(C)C)c1. The van der Waals surface area contributed by atoms with Gasteiger partial charge in [-0.2, -0.15) is 0 Å². The normalized spacial score (nSPS) is 14.4. The lowest BCUT2D eigenvalue weighted by Gasteiger charge is -2.25. The zero-order chi connectivity index (χ0) is 26.2. The van der Waals surface area contributed by atoms with Crippen LogP contribution in [0.2, 0.25) is 0 Å². The first-order valence-electron chi connectivity index (χ1n) is 11.7. The molecule has 0 atom stereocenters. The second kappa shape index (κ2) is 12.6. The van der Waals surface area contributed by atoms with E-state index in [0.29, 0.717) is 23.6 Å². The van der Waals surface area contributed by atoms with E-state index in [9.17, 15) is 14.0 Å². The van der Waals surface area contributed by atoms with Crippen LogP contribution in [0.25, 0.3) is 0 Å². The number of hydrogen-bond donors (Lipinski definition) is 3. The Bertz CT molecular complexity index is 1180. The Morgan fingerprint density at radius 2 is 1.97 bits per heavy atom. The highest BCUT2D eigenvalue weighted by molar-refractivity contribution is 7.96. The number of benzene rings is 2. The summed E-state index contributed by atoms with van der Waals surface area (Å²) in [7, 11) is 5.33. The first kappa shape index (κ1) is 27.3. The molecule has 1 fully saturated rings. The molecule has 0 heterocycles. The van der Waals surface area contributed by atoms with Crippen molar-refractivity contribution in [2.45, 2.75) is 38.5 Å². The van der Waals surface area contributed by atoms with Gasteiger partial charge >= 0.3 is 0 Å². The maximum atomic E-state index is 14.8. The van der Waals surface area contributed by atoms with Crippen LogP contribution in [0, 0.1) is 12.7 Å². The summed E-state index contributed by atoms with van der Waals surface area (Å²) in [5, 5.41) is 6.05. The fraction of sp³-hybridized carbons (Fsp3) is 0.333. The zero-order valence-corrected chi connectivity index (χ0v) is 22.1. The summed E-state index contributed by atoms with van der Waals surface area (Å²) in [5.41, 5.74) is 2.34. The zero-order valence-electron chi connectivity index (χ0n) is 21.3. The summed E-state index contributed by atoms with van der Waals surface area (Å²) < 4.78 is 24.0. The van der Waals surface area contributed by atoms with Gasteiger partial charge in [-0.1, -0.05) is 30.1 Å². The number of halogens is 1. The lowest BCUT2D eigenvalue weighted by molar-refractivity contribution is -0.117. The van der Waals surface area contributed by atoms with Gasteiger partial charge in [0.15, 0.2) is 0 Å². The van der Waals surface area contributed by atoms with Crippen LogP contribution in [0.3, 0.4) is 0 Å². The lowest BCUT2D eigenvalue weighted by atomic mass is 10.1. The standard InChI is InChI=1S/C27H33FN4O3S/c1-17-9-12-23(22(28)13-17)31-26(32(4)5)24(27(34)30-20-10-11-20)25(18(2)15-33)35-21-8-6-7-19(14-21)16-36-29-3/h6-9,12-15,20,29,31H,10-11,16H2,1-5H3,(H,30,34)/b25-18+,26-24+. The Morgan fingerprint density at radius 1 is 1.22 bits per heavy atom. The van der Waals surface area contributed by atoms with E-state index >= 15 is 0 Å². The van der Waals surface area contributed by atoms with Crippen molar-refractivity contribution in [1.29, 1.82) is 0 Å². The molecule has 192 valence electrons. The van der Waals surface area contributed by atoms with Crippen molar-refractivity contribution in [3.05, 3.63) is 82.1 Å². The number of amides is 1. The minimum atomic E-state index is -0.454. The van der Waals surface area contributed by atoms with Crippen molar-refractivity contribution in [1.82, 2.24) is 14.9 Å². The molecule has 0 aromatic heterocycles. The number of nitrogens with zero attached hydrogens (tertiary/aromatic N) is 1. The van der Waals surface area contributed by atoms with Gasteiger partial charge in [0, 0.05) is 31.5 Å². The van der Waals surface area contributed by atoms with Gasteiger partial charge in [-0.25, -0.2) is 4.39 Å². The highest BCUT2D eigenvalue weighted by atomic mass is 32.2. The van der Waals surface area contributed by atoms with Crippen molar-refractivity contribution < 1.29 is 18.7 Å². The van der Waals surface area contributed by atoms with Crippen LogP contribution >= 0.6 is 11.9 Å². The van der Waals surface area contributed by atoms with Crippen LogP contribution in [0.15, 0.2) is 65.2 Å². The third-order valence-corrected chi connectivity index (χ3v) is 6.23. The molecule has 0 saturated heterocycles. The molecular formula is C27H33FN4O3S. The van der Waals surface area contributed by atoms with Crippen molar-refractivity contribution >= 4 is 29.8 Å². The number of aryl methyl sites for hydroxylation is 1. The number of carbonyl (C=O) groups is 2. The number of allylic oxidation sites excluding steroid dienone is 1. The molecule has 9 heteroatoms. The molecule has 0 aliphatic heterocycles. The maximum Gasteiger partial charge on any atom is 0.259 e. The Balaban J connectivity index is 2.12. The molecule has 2 aromatic rings. The minimum absolute atomic E-state index is 0.0618. The Hall–Kier alpha value is -3.30. The smallest absolute Gasteiger partial charge is 0.259 e. The molecule has 36 heavy (non-hydrogen) atoms. The largest absolute Gasteiger partial charge is 0.456 e. The number of rotatable bonds is 12. The topological polar surface area (TPSA) is 82.7 Å². The number of aldehydes is 1. The number of hydrogen-bond acceptors (Lipinski definition) is 7. The summed E-state index contributed by atoms with van der Waals surface area (Å²) in [6.07, 6.45) is 2.42. The van der Waals surface area contributed by atoms with Crippen LogP contribution in [0.1, 0.15) is 30.9 Å². The van der Waals surface area contributed by atoms with Gasteiger partial charge in [0.1, 0.15) is 35.0 Å². The quantitative estimate of drug-likeness (QED) is 0.127. The van der Waals surface area contributed by atoms with Gasteiger partial charge in [0.2, 0.25) is 0 Å². The van der Waals surface area contributed by atoms with Crippen LogP contribution in [-0.2, 0) is 15.3 Å². The van der Waals surface area contributed by atoms with Crippen LogP contribution in [-0.4, -0.2) is 44.3 Å². The second-order valence-electron chi connectivity index (χ2n) is 8.85. The van der Waals surface area contributed by atoms with Gasteiger partial charge in [0.25, 0.3) is 5.91 Å². The second-order valence-corrected chi connectivity index (χ2v) is 9.83. The average Bonchev–Trinajstić information content (AvgIpc) is 3.66. The highest BCUT2D eigenvalue weighted by Gasteiger charge is 2.31. The number of carbonyl (C=O) groups excluding carboxylic acids is 2. The van der Waals surface area contributed by atoms with Crippen LogP contribution in [0.4, 0.5) is 10.1 Å². The van der Waals surface area contributed by atoms with Crippen molar-refractivity contribution in [2.75, 3.05) is 26.5 Å². The first-order valence-corrected chi connectivity index (χ1v) is 12.7. The fourth-order valence-electron chi connectivity index (χ4n) is 3.40. The molecule has 0 spiro atoms. The molecule has 1 aliphatic carbocycles. The van der Waals surface area contributed by atoms with Crippen molar-refractivity contribution in [3.63, 3.8) is 0 Å². The van der Waals surface area contributed by atoms with E-state index in [1.54, 1.807) is 51.0 Å². The molecular weight excluding hydrogens is 479 g/mol. The van der Waals surface area contributed by atoms with Crippen molar-refractivity contribution in [3.8, 4) is 5.75 Å². The molecule has 1 saturated carbocycles. The van der Waals surface area contributed by atoms with E-state index in [1.165, 1.54) is 18.0 Å². The number of anilines is 1. The molecule has 1 aliphatic rings. The summed E-state index contributed by atoms with van der Waals surface area (Å²) in [6.45, 7) is 3.39. The fourth-order valence-corrected chi connectivity index (χ4v) is 3.90. The molecule has 0 radical (unpaired) electrons. The van der Waals surface area contributed by atoms with Gasteiger partial charge in [-0.15, -0.1) is 0 Å².